The van der Waals surface area contributed by atoms with E-state index in [0.29, 0.717) is 19.8 Å². The van der Waals surface area contributed by atoms with Crippen LogP contribution in [0, 0.1) is 0 Å². The molecule has 0 aliphatic heterocycles. The molecule has 0 fully saturated rings. The summed E-state index contributed by atoms with van der Waals surface area (Å²) in [7, 11) is 0. The van der Waals surface area contributed by atoms with Gasteiger partial charge in [0.05, 0.1) is 25.9 Å². The summed E-state index contributed by atoms with van der Waals surface area (Å²) in [6.45, 7) is 8.90. The minimum absolute atomic E-state index is 0.182. The first-order chi connectivity index (χ1) is 14.3. The van der Waals surface area contributed by atoms with Gasteiger partial charge in [0.1, 0.15) is 16.9 Å². The molecular formula is C23H33NO6. The molecule has 1 aromatic carbocycles. The van der Waals surface area contributed by atoms with Crippen molar-refractivity contribution in [3.8, 4) is 5.75 Å². The summed E-state index contributed by atoms with van der Waals surface area (Å²) in [5, 5.41) is 3.63. The number of fused-ring (bicyclic) bond motifs is 1. The number of unbranched alkanes of at least 4 members (excludes halogenated alkanes) is 3. The topological polar surface area (TPSA) is 87.0 Å². The molecule has 0 radical (unpaired) electrons. The fraction of sp³-hybridized carbons (Fsp3) is 0.565. The van der Waals surface area contributed by atoms with Crippen LogP contribution in [-0.4, -0.2) is 37.4 Å². The molecule has 0 aliphatic carbocycles. The van der Waals surface area contributed by atoms with Gasteiger partial charge < -0.3 is 23.9 Å². The lowest BCUT2D eigenvalue weighted by molar-refractivity contribution is -0.142. The lowest BCUT2D eigenvalue weighted by atomic mass is 10.1. The number of hydrogen-bond donors (Lipinski definition) is 1. The van der Waals surface area contributed by atoms with Crippen LogP contribution in [0.5, 0.6) is 5.75 Å². The van der Waals surface area contributed by atoms with Crippen LogP contribution in [-0.2, 0) is 20.7 Å². The molecule has 2 aromatic rings. The summed E-state index contributed by atoms with van der Waals surface area (Å²) >= 11 is 0. The Morgan fingerprint density at radius 3 is 2.60 bits per heavy atom. The van der Waals surface area contributed by atoms with E-state index in [2.05, 4.69) is 5.32 Å². The number of carbonyl (C=O) groups is 2. The number of esters is 1. The standard InChI is InChI=1S/C23H33NO6/c1-5-27-21(25)14-17-16-29-20-11-10-18(15-19(17)20)28-13-9-7-6-8-12-24-22(26)30-23(2,3)4/h10-11,15-16H,5-9,12-14H2,1-4H3,(H,24,26). The number of hydrogen-bond acceptors (Lipinski definition) is 6. The lowest BCUT2D eigenvalue weighted by Crippen LogP contribution is -2.32. The van der Waals surface area contributed by atoms with E-state index in [4.69, 9.17) is 18.6 Å². The van der Waals surface area contributed by atoms with Gasteiger partial charge >= 0.3 is 12.1 Å². The number of carbonyl (C=O) groups excluding carboxylic acids is 2. The zero-order valence-corrected chi connectivity index (χ0v) is 18.4. The molecule has 1 amide bonds. The van der Waals surface area contributed by atoms with Gasteiger partial charge in [-0.15, -0.1) is 0 Å². The number of furan rings is 1. The average Bonchev–Trinajstić information content (AvgIpc) is 3.04. The number of benzene rings is 1. The van der Waals surface area contributed by atoms with Gasteiger partial charge in [0, 0.05) is 17.5 Å². The molecule has 1 aromatic heterocycles. The average molecular weight is 420 g/mol. The van der Waals surface area contributed by atoms with Crippen molar-refractivity contribution in [1.29, 1.82) is 0 Å². The van der Waals surface area contributed by atoms with E-state index in [1.165, 1.54) is 0 Å². The predicted molar refractivity (Wildman–Crippen MR) is 115 cm³/mol. The molecule has 0 aliphatic rings. The molecule has 7 heteroatoms. The fourth-order valence-electron chi connectivity index (χ4n) is 2.93. The third-order valence-corrected chi connectivity index (χ3v) is 4.27. The molecule has 166 valence electrons. The summed E-state index contributed by atoms with van der Waals surface area (Å²) in [4.78, 5) is 23.3. The number of alkyl carbamates (subject to hydrolysis) is 1. The second kappa shape index (κ2) is 11.5. The smallest absolute Gasteiger partial charge is 0.407 e. The van der Waals surface area contributed by atoms with Crippen molar-refractivity contribution >= 4 is 23.0 Å². The lowest BCUT2D eigenvalue weighted by Gasteiger charge is -2.19. The second-order valence-corrected chi connectivity index (χ2v) is 8.09. The molecule has 0 spiro atoms. The summed E-state index contributed by atoms with van der Waals surface area (Å²) < 4.78 is 21.5. The van der Waals surface area contributed by atoms with Crippen LogP contribution in [0.2, 0.25) is 0 Å². The maximum Gasteiger partial charge on any atom is 0.407 e. The fourth-order valence-corrected chi connectivity index (χ4v) is 2.93. The monoisotopic (exact) mass is 419 g/mol. The summed E-state index contributed by atoms with van der Waals surface area (Å²) in [5.41, 5.74) is 1.05. The highest BCUT2D eigenvalue weighted by atomic mass is 16.6. The van der Waals surface area contributed by atoms with E-state index < -0.39 is 5.60 Å². The van der Waals surface area contributed by atoms with Crippen LogP contribution in [0.25, 0.3) is 11.0 Å². The maximum atomic E-state index is 11.7. The molecule has 0 saturated carbocycles. The van der Waals surface area contributed by atoms with Crippen LogP contribution in [0.3, 0.4) is 0 Å². The highest BCUT2D eigenvalue weighted by Gasteiger charge is 2.15. The van der Waals surface area contributed by atoms with Gasteiger partial charge in [-0.3, -0.25) is 4.79 Å². The van der Waals surface area contributed by atoms with Crippen molar-refractivity contribution in [1.82, 2.24) is 5.32 Å². The third-order valence-electron chi connectivity index (χ3n) is 4.27. The van der Waals surface area contributed by atoms with Crippen LogP contribution in [0.4, 0.5) is 4.79 Å². The number of ether oxygens (including phenoxy) is 3. The summed E-state index contributed by atoms with van der Waals surface area (Å²) in [5.74, 6) is 0.480. The van der Waals surface area contributed by atoms with Crippen molar-refractivity contribution < 1.29 is 28.2 Å². The number of rotatable bonds is 11. The second-order valence-electron chi connectivity index (χ2n) is 8.09. The zero-order valence-electron chi connectivity index (χ0n) is 18.4. The van der Waals surface area contributed by atoms with E-state index in [1.807, 2.05) is 39.0 Å². The highest BCUT2D eigenvalue weighted by Crippen LogP contribution is 2.26. The molecule has 1 N–H and O–H groups in total. The van der Waals surface area contributed by atoms with Gasteiger partial charge in [-0.25, -0.2) is 4.79 Å². The van der Waals surface area contributed by atoms with Crippen LogP contribution < -0.4 is 10.1 Å². The molecule has 0 saturated heterocycles. The van der Waals surface area contributed by atoms with Gasteiger partial charge in [0.25, 0.3) is 0 Å². The zero-order chi connectivity index (χ0) is 22.0. The largest absolute Gasteiger partial charge is 0.494 e. The van der Waals surface area contributed by atoms with Gasteiger partial charge in [0.15, 0.2) is 0 Å². The number of nitrogens with one attached hydrogen (secondary N) is 1. The summed E-state index contributed by atoms with van der Waals surface area (Å²) in [6, 6.07) is 5.62. The Morgan fingerprint density at radius 2 is 1.87 bits per heavy atom. The van der Waals surface area contributed by atoms with Gasteiger partial charge in [-0.1, -0.05) is 12.8 Å². The first kappa shape index (κ1) is 23.6. The van der Waals surface area contributed by atoms with Gasteiger partial charge in [-0.2, -0.15) is 0 Å². The first-order valence-corrected chi connectivity index (χ1v) is 10.5. The van der Waals surface area contributed by atoms with E-state index in [0.717, 1.165) is 48.0 Å². The Hall–Kier alpha value is -2.70. The summed E-state index contributed by atoms with van der Waals surface area (Å²) in [6.07, 6.45) is 5.24. The van der Waals surface area contributed by atoms with Gasteiger partial charge in [-0.05, 0) is 58.7 Å². The highest BCUT2D eigenvalue weighted by molar-refractivity contribution is 5.86. The van der Waals surface area contributed by atoms with Crippen molar-refractivity contribution in [2.24, 2.45) is 0 Å². The molecule has 0 unspecified atom stereocenters. The van der Waals surface area contributed by atoms with E-state index in [-0.39, 0.29) is 18.5 Å². The van der Waals surface area contributed by atoms with Crippen molar-refractivity contribution in [2.75, 3.05) is 19.8 Å². The van der Waals surface area contributed by atoms with E-state index in [9.17, 15) is 9.59 Å². The molecule has 0 atom stereocenters. The minimum Gasteiger partial charge on any atom is -0.494 e. The molecule has 7 nitrogen and oxygen atoms in total. The van der Waals surface area contributed by atoms with Crippen LogP contribution in [0.1, 0.15) is 58.9 Å². The predicted octanol–water partition coefficient (Wildman–Crippen LogP) is 5.00. The molecule has 0 bridgehead atoms. The Balaban J connectivity index is 1.66. The minimum atomic E-state index is -0.472. The van der Waals surface area contributed by atoms with Crippen LogP contribution in [0.15, 0.2) is 28.9 Å². The molecule has 2 rings (SSSR count). The third kappa shape index (κ3) is 8.35. The van der Waals surface area contributed by atoms with Crippen molar-refractivity contribution in [3.63, 3.8) is 0 Å². The van der Waals surface area contributed by atoms with Crippen molar-refractivity contribution in [2.45, 2.75) is 65.4 Å². The van der Waals surface area contributed by atoms with Crippen molar-refractivity contribution in [3.05, 3.63) is 30.0 Å². The van der Waals surface area contributed by atoms with E-state index in [1.54, 1.807) is 13.2 Å². The Labute approximate surface area is 178 Å². The maximum absolute atomic E-state index is 11.7. The molecule has 1 heterocycles. The van der Waals surface area contributed by atoms with Crippen LogP contribution >= 0.6 is 0 Å². The molecule has 30 heavy (non-hydrogen) atoms. The van der Waals surface area contributed by atoms with E-state index >= 15 is 0 Å². The SMILES string of the molecule is CCOC(=O)Cc1coc2ccc(OCCCCCCNC(=O)OC(C)(C)C)cc12. The number of amides is 1. The first-order valence-electron chi connectivity index (χ1n) is 10.5. The molecular weight excluding hydrogens is 386 g/mol. The quantitative estimate of drug-likeness (QED) is 0.407. The Kier molecular flexibility index (Phi) is 9.02. The Bertz CT molecular complexity index is 821. The van der Waals surface area contributed by atoms with Gasteiger partial charge in [0.2, 0.25) is 0 Å². The Morgan fingerprint density at radius 1 is 1.10 bits per heavy atom. The normalized spacial score (nSPS) is 11.3.